The SMILES string of the molecule is CNC(=O)c1cc(S(=O)(=O)N[C@@H](C)c2ccccc2)ccc1C. The second kappa shape index (κ2) is 6.93. The Morgan fingerprint density at radius 2 is 1.74 bits per heavy atom. The maximum atomic E-state index is 12.5. The number of amides is 1. The summed E-state index contributed by atoms with van der Waals surface area (Å²) in [6.45, 7) is 3.54. The predicted octanol–water partition coefficient (Wildman–Crippen LogP) is 2.39. The molecule has 6 heteroatoms. The maximum absolute atomic E-state index is 12.5. The van der Waals surface area contributed by atoms with Gasteiger partial charge in [0.25, 0.3) is 5.91 Å². The number of benzene rings is 2. The van der Waals surface area contributed by atoms with Crippen LogP contribution in [0.3, 0.4) is 0 Å². The smallest absolute Gasteiger partial charge is 0.251 e. The van der Waals surface area contributed by atoms with Crippen molar-refractivity contribution in [2.45, 2.75) is 24.8 Å². The molecule has 0 aliphatic heterocycles. The fraction of sp³-hybridized carbons (Fsp3) is 0.235. The van der Waals surface area contributed by atoms with Gasteiger partial charge in [0.05, 0.1) is 4.90 Å². The number of aryl methyl sites for hydroxylation is 1. The van der Waals surface area contributed by atoms with Gasteiger partial charge in [-0.1, -0.05) is 36.4 Å². The Morgan fingerprint density at radius 1 is 1.09 bits per heavy atom. The van der Waals surface area contributed by atoms with Gasteiger partial charge in [0.1, 0.15) is 0 Å². The molecule has 2 N–H and O–H groups in total. The number of hydrogen-bond acceptors (Lipinski definition) is 3. The van der Waals surface area contributed by atoms with E-state index >= 15 is 0 Å². The molecule has 0 saturated heterocycles. The molecule has 0 aliphatic carbocycles. The van der Waals surface area contributed by atoms with Crippen molar-refractivity contribution in [2.75, 3.05) is 7.05 Å². The summed E-state index contributed by atoms with van der Waals surface area (Å²) in [5.41, 5.74) is 1.94. The van der Waals surface area contributed by atoms with E-state index in [-0.39, 0.29) is 16.8 Å². The summed E-state index contributed by atoms with van der Waals surface area (Å²) in [5, 5.41) is 2.51. The highest BCUT2D eigenvalue weighted by atomic mass is 32.2. The summed E-state index contributed by atoms with van der Waals surface area (Å²) >= 11 is 0. The molecule has 0 saturated carbocycles. The molecule has 0 aliphatic rings. The van der Waals surface area contributed by atoms with Crippen molar-refractivity contribution in [1.82, 2.24) is 10.0 Å². The van der Waals surface area contributed by atoms with Crippen molar-refractivity contribution in [3.8, 4) is 0 Å². The van der Waals surface area contributed by atoms with E-state index in [0.717, 1.165) is 11.1 Å². The molecule has 1 atom stereocenters. The summed E-state index contributed by atoms with van der Waals surface area (Å²) in [6, 6.07) is 13.5. The molecule has 0 bridgehead atoms. The van der Waals surface area contributed by atoms with E-state index in [1.807, 2.05) is 30.3 Å². The summed E-state index contributed by atoms with van der Waals surface area (Å²) in [6.07, 6.45) is 0. The lowest BCUT2D eigenvalue weighted by atomic mass is 10.1. The van der Waals surface area contributed by atoms with Crippen LogP contribution < -0.4 is 10.0 Å². The van der Waals surface area contributed by atoms with Gasteiger partial charge >= 0.3 is 0 Å². The highest BCUT2D eigenvalue weighted by Gasteiger charge is 2.20. The first kappa shape index (κ1) is 17.2. The van der Waals surface area contributed by atoms with Crippen molar-refractivity contribution in [3.63, 3.8) is 0 Å². The Kier molecular flexibility index (Phi) is 5.18. The number of rotatable bonds is 5. The Labute approximate surface area is 136 Å². The molecule has 23 heavy (non-hydrogen) atoms. The van der Waals surface area contributed by atoms with Gasteiger partial charge in [-0.25, -0.2) is 13.1 Å². The average Bonchev–Trinajstić information content (AvgIpc) is 2.54. The third-order valence-electron chi connectivity index (χ3n) is 3.62. The Balaban J connectivity index is 2.31. The van der Waals surface area contributed by atoms with Gasteiger partial charge in [0.15, 0.2) is 0 Å². The van der Waals surface area contributed by atoms with Crippen LogP contribution in [0.5, 0.6) is 0 Å². The molecule has 0 radical (unpaired) electrons. The van der Waals surface area contributed by atoms with Crippen molar-refractivity contribution in [2.24, 2.45) is 0 Å². The topological polar surface area (TPSA) is 75.3 Å². The Hall–Kier alpha value is -2.18. The lowest BCUT2D eigenvalue weighted by molar-refractivity contribution is 0.0962. The summed E-state index contributed by atoms with van der Waals surface area (Å²) in [4.78, 5) is 11.9. The highest BCUT2D eigenvalue weighted by molar-refractivity contribution is 7.89. The molecule has 0 aromatic heterocycles. The van der Waals surface area contributed by atoms with Crippen LogP contribution in [0.15, 0.2) is 53.4 Å². The molecular formula is C17H20N2O3S. The van der Waals surface area contributed by atoms with Gasteiger partial charge in [-0.3, -0.25) is 4.79 Å². The Bertz CT molecular complexity index is 802. The number of hydrogen-bond donors (Lipinski definition) is 2. The van der Waals surface area contributed by atoms with Gasteiger partial charge in [0.2, 0.25) is 10.0 Å². The van der Waals surface area contributed by atoms with Crippen LogP contribution in [-0.2, 0) is 10.0 Å². The first-order valence-corrected chi connectivity index (χ1v) is 8.73. The van der Waals surface area contributed by atoms with E-state index in [2.05, 4.69) is 10.0 Å². The van der Waals surface area contributed by atoms with E-state index in [1.54, 1.807) is 19.9 Å². The number of sulfonamides is 1. The molecule has 0 spiro atoms. The normalized spacial score (nSPS) is 12.7. The summed E-state index contributed by atoms with van der Waals surface area (Å²) in [7, 11) is -2.21. The van der Waals surface area contributed by atoms with Crippen LogP contribution in [0.1, 0.15) is 34.5 Å². The minimum atomic E-state index is -3.72. The van der Waals surface area contributed by atoms with Crippen LogP contribution in [-0.4, -0.2) is 21.4 Å². The zero-order valence-corrected chi connectivity index (χ0v) is 14.1. The minimum Gasteiger partial charge on any atom is -0.355 e. The zero-order chi connectivity index (χ0) is 17.0. The first-order chi connectivity index (χ1) is 10.8. The second-order valence-electron chi connectivity index (χ2n) is 5.31. The molecule has 2 rings (SSSR count). The van der Waals surface area contributed by atoms with Crippen LogP contribution in [0.25, 0.3) is 0 Å². The lowest BCUT2D eigenvalue weighted by Gasteiger charge is -2.15. The van der Waals surface area contributed by atoms with E-state index in [4.69, 9.17) is 0 Å². The molecule has 122 valence electrons. The van der Waals surface area contributed by atoms with E-state index < -0.39 is 10.0 Å². The zero-order valence-electron chi connectivity index (χ0n) is 13.3. The quantitative estimate of drug-likeness (QED) is 0.883. The highest BCUT2D eigenvalue weighted by Crippen LogP contribution is 2.19. The van der Waals surface area contributed by atoms with Gasteiger partial charge in [-0.05, 0) is 37.1 Å². The van der Waals surface area contributed by atoms with Crippen molar-refractivity contribution >= 4 is 15.9 Å². The summed E-state index contributed by atoms with van der Waals surface area (Å²) in [5.74, 6) is -0.310. The van der Waals surface area contributed by atoms with Crippen LogP contribution >= 0.6 is 0 Å². The fourth-order valence-electron chi connectivity index (χ4n) is 2.26. The monoisotopic (exact) mass is 332 g/mol. The second-order valence-corrected chi connectivity index (χ2v) is 7.02. The fourth-order valence-corrected chi connectivity index (χ4v) is 3.52. The lowest BCUT2D eigenvalue weighted by Crippen LogP contribution is -2.27. The largest absolute Gasteiger partial charge is 0.355 e. The van der Waals surface area contributed by atoms with Crippen molar-refractivity contribution in [3.05, 3.63) is 65.2 Å². The molecule has 1 amide bonds. The van der Waals surface area contributed by atoms with Crippen LogP contribution in [0.4, 0.5) is 0 Å². The molecule has 0 fully saturated rings. The first-order valence-electron chi connectivity index (χ1n) is 7.25. The van der Waals surface area contributed by atoms with Gasteiger partial charge in [-0.15, -0.1) is 0 Å². The molecular weight excluding hydrogens is 312 g/mol. The number of carbonyl (C=O) groups is 1. The number of carbonyl (C=O) groups excluding carboxylic acids is 1. The number of nitrogens with one attached hydrogen (secondary N) is 2. The van der Waals surface area contributed by atoms with Gasteiger partial charge in [-0.2, -0.15) is 0 Å². The Morgan fingerprint density at radius 3 is 2.35 bits per heavy atom. The molecule has 2 aromatic rings. The van der Waals surface area contributed by atoms with Gasteiger partial charge < -0.3 is 5.32 Å². The standard InChI is InChI=1S/C17H20N2O3S/c1-12-9-10-15(11-16(12)17(20)18-3)23(21,22)19-13(2)14-7-5-4-6-8-14/h4-11,13,19H,1-3H3,(H,18,20)/t13-/m0/s1. The van der Waals surface area contributed by atoms with Crippen molar-refractivity contribution < 1.29 is 13.2 Å². The molecule has 0 unspecified atom stereocenters. The third-order valence-corrected chi connectivity index (χ3v) is 5.16. The molecule has 5 nitrogen and oxygen atoms in total. The van der Waals surface area contributed by atoms with Crippen molar-refractivity contribution in [1.29, 1.82) is 0 Å². The molecule has 2 aromatic carbocycles. The van der Waals surface area contributed by atoms with Crippen LogP contribution in [0.2, 0.25) is 0 Å². The third kappa shape index (κ3) is 3.97. The molecule has 0 heterocycles. The average molecular weight is 332 g/mol. The van der Waals surface area contributed by atoms with E-state index in [9.17, 15) is 13.2 Å². The summed E-state index contributed by atoms with van der Waals surface area (Å²) < 4.78 is 27.7. The van der Waals surface area contributed by atoms with E-state index in [1.165, 1.54) is 19.2 Å². The minimum absolute atomic E-state index is 0.0736. The van der Waals surface area contributed by atoms with Crippen LogP contribution in [0, 0.1) is 6.92 Å². The van der Waals surface area contributed by atoms with E-state index in [0.29, 0.717) is 5.56 Å². The predicted molar refractivity (Wildman–Crippen MR) is 89.7 cm³/mol. The van der Waals surface area contributed by atoms with Gasteiger partial charge in [0, 0.05) is 18.7 Å². The maximum Gasteiger partial charge on any atom is 0.251 e.